The van der Waals surface area contributed by atoms with Crippen LogP contribution in [0.3, 0.4) is 0 Å². The van der Waals surface area contributed by atoms with E-state index >= 15 is 0 Å². The highest BCUT2D eigenvalue weighted by molar-refractivity contribution is 5.97. The number of piperidine rings is 1. The highest BCUT2D eigenvalue weighted by Gasteiger charge is 2.34. The first kappa shape index (κ1) is 29.2. The monoisotopic (exact) mass is 543 g/mol. The third kappa shape index (κ3) is 7.63. The smallest absolute Gasteiger partial charge is 0.412 e. The van der Waals surface area contributed by atoms with Crippen molar-refractivity contribution < 1.29 is 23.9 Å². The molecule has 1 aromatic rings. The van der Waals surface area contributed by atoms with Gasteiger partial charge in [0.1, 0.15) is 11.1 Å². The van der Waals surface area contributed by atoms with Gasteiger partial charge in [-0.2, -0.15) is 0 Å². The maximum atomic E-state index is 13.7. The maximum Gasteiger partial charge on any atom is 0.412 e. The summed E-state index contributed by atoms with van der Waals surface area (Å²) in [4.78, 5) is 53.7. The molecular formula is C30H45N3O6. The van der Waals surface area contributed by atoms with Crippen LogP contribution in [0.1, 0.15) is 113 Å². The Kier molecular flexibility index (Phi) is 10.1. The van der Waals surface area contributed by atoms with Gasteiger partial charge >= 0.3 is 12.1 Å². The van der Waals surface area contributed by atoms with Gasteiger partial charge in [0.15, 0.2) is 0 Å². The molecular weight excluding hydrogens is 498 g/mol. The largest absolute Gasteiger partial charge is 0.426 e. The van der Waals surface area contributed by atoms with Gasteiger partial charge in [-0.15, -0.1) is 0 Å². The van der Waals surface area contributed by atoms with Gasteiger partial charge in [0.2, 0.25) is 6.79 Å². The van der Waals surface area contributed by atoms with Crippen LogP contribution in [0.5, 0.6) is 0 Å². The second kappa shape index (κ2) is 13.5. The summed E-state index contributed by atoms with van der Waals surface area (Å²) in [6.45, 7) is 4.43. The Morgan fingerprint density at radius 3 is 2.26 bits per heavy atom. The Labute approximate surface area is 231 Å². The van der Waals surface area contributed by atoms with Crippen LogP contribution in [0.25, 0.3) is 0 Å². The van der Waals surface area contributed by atoms with Crippen LogP contribution in [0.2, 0.25) is 0 Å². The molecule has 1 aromatic heterocycles. The fourth-order valence-electron chi connectivity index (χ4n) is 6.10. The Balaban J connectivity index is 1.45. The summed E-state index contributed by atoms with van der Waals surface area (Å²) in [7, 11) is 0. The molecule has 0 atom stereocenters. The molecule has 0 radical (unpaired) electrons. The lowest BCUT2D eigenvalue weighted by Crippen LogP contribution is -2.52. The lowest BCUT2D eigenvalue weighted by Gasteiger charge is -2.28. The third-order valence-corrected chi connectivity index (χ3v) is 8.43. The van der Waals surface area contributed by atoms with E-state index in [0.29, 0.717) is 25.6 Å². The highest BCUT2D eigenvalue weighted by Crippen LogP contribution is 2.27. The van der Waals surface area contributed by atoms with Crippen molar-refractivity contribution in [2.75, 3.05) is 19.9 Å². The molecule has 39 heavy (non-hydrogen) atoms. The standard InChI is InChI=1S/C30H45N3O6/c1-30(2,28(36)38-21-39-29(37)32-17-11-6-12-18-32)31-26(34)24-19-23-15-9-3-4-10-16-25(23)33(27(24)35)20-22-13-7-5-8-14-22/h19,22H,3-18,20-21H2,1-2H3,(H,31,34). The number of ether oxygens (including phenoxy) is 2. The number of pyridine rings is 1. The van der Waals surface area contributed by atoms with Crippen LogP contribution >= 0.6 is 0 Å². The van der Waals surface area contributed by atoms with E-state index in [0.717, 1.165) is 81.9 Å². The van der Waals surface area contributed by atoms with Crippen molar-refractivity contribution in [2.45, 2.75) is 116 Å². The lowest BCUT2D eigenvalue weighted by atomic mass is 9.88. The van der Waals surface area contributed by atoms with E-state index in [2.05, 4.69) is 5.32 Å². The lowest BCUT2D eigenvalue weighted by molar-refractivity contribution is -0.158. The average Bonchev–Trinajstić information content (AvgIpc) is 2.91. The number of rotatable bonds is 7. The van der Waals surface area contributed by atoms with E-state index < -0.39 is 30.3 Å². The number of hydrogen-bond donors (Lipinski definition) is 1. The average molecular weight is 544 g/mol. The minimum absolute atomic E-state index is 0.0718. The molecule has 0 bridgehead atoms. The number of aryl methyl sites for hydroxylation is 1. The number of esters is 1. The van der Waals surface area contributed by atoms with Crippen LogP contribution in [0, 0.1) is 5.92 Å². The highest BCUT2D eigenvalue weighted by atomic mass is 16.7. The fraction of sp³-hybridized carbons (Fsp3) is 0.733. The van der Waals surface area contributed by atoms with E-state index in [1.807, 2.05) is 4.57 Å². The summed E-state index contributed by atoms with van der Waals surface area (Å²) in [5.74, 6) is -0.881. The molecule has 1 N–H and O–H groups in total. The molecule has 0 spiro atoms. The van der Waals surface area contributed by atoms with Crippen LogP contribution in [-0.4, -0.2) is 52.9 Å². The van der Waals surface area contributed by atoms with Crippen LogP contribution in [0.4, 0.5) is 4.79 Å². The number of fused-ring (bicyclic) bond motifs is 1. The zero-order valence-corrected chi connectivity index (χ0v) is 23.7. The van der Waals surface area contributed by atoms with E-state index in [9.17, 15) is 19.2 Å². The normalized spacial score (nSPS) is 18.9. The topological polar surface area (TPSA) is 107 Å². The number of hydrogen-bond acceptors (Lipinski definition) is 6. The number of nitrogens with one attached hydrogen (secondary N) is 1. The summed E-state index contributed by atoms with van der Waals surface area (Å²) >= 11 is 0. The molecule has 9 nitrogen and oxygen atoms in total. The summed E-state index contributed by atoms with van der Waals surface area (Å²) in [5, 5.41) is 2.70. The molecule has 0 unspecified atom stereocenters. The van der Waals surface area contributed by atoms with Crippen molar-refractivity contribution >= 4 is 18.0 Å². The van der Waals surface area contributed by atoms with Crippen LogP contribution < -0.4 is 10.9 Å². The van der Waals surface area contributed by atoms with E-state index in [-0.39, 0.29) is 11.1 Å². The van der Waals surface area contributed by atoms with Gasteiger partial charge in [0.05, 0.1) is 0 Å². The number of aromatic nitrogens is 1. The minimum atomic E-state index is -1.42. The molecule has 3 aliphatic rings. The number of carbonyl (C=O) groups is 3. The van der Waals surface area contributed by atoms with Crippen molar-refractivity contribution in [1.82, 2.24) is 14.8 Å². The predicted octanol–water partition coefficient (Wildman–Crippen LogP) is 4.72. The third-order valence-electron chi connectivity index (χ3n) is 8.43. The van der Waals surface area contributed by atoms with Crippen molar-refractivity contribution in [3.8, 4) is 0 Å². The van der Waals surface area contributed by atoms with E-state index in [4.69, 9.17) is 9.47 Å². The molecule has 216 valence electrons. The van der Waals surface area contributed by atoms with Crippen molar-refractivity contribution in [2.24, 2.45) is 5.92 Å². The van der Waals surface area contributed by atoms with Crippen molar-refractivity contribution in [1.29, 1.82) is 0 Å². The van der Waals surface area contributed by atoms with Gasteiger partial charge in [-0.05, 0) is 89.2 Å². The quantitative estimate of drug-likeness (QED) is 0.394. The summed E-state index contributed by atoms with van der Waals surface area (Å²) in [6.07, 6.45) is 14.3. The summed E-state index contributed by atoms with van der Waals surface area (Å²) < 4.78 is 12.2. The van der Waals surface area contributed by atoms with Gasteiger partial charge < -0.3 is 24.3 Å². The second-order valence-corrected chi connectivity index (χ2v) is 12.0. The molecule has 2 fully saturated rings. The molecule has 2 aliphatic carbocycles. The molecule has 0 aromatic carbocycles. The zero-order valence-electron chi connectivity index (χ0n) is 23.7. The first-order valence-corrected chi connectivity index (χ1v) is 14.9. The Bertz CT molecular complexity index is 1080. The molecule has 1 aliphatic heterocycles. The Morgan fingerprint density at radius 1 is 0.897 bits per heavy atom. The number of likely N-dealkylation sites (tertiary alicyclic amines) is 1. The summed E-state index contributed by atoms with van der Waals surface area (Å²) in [6, 6.07) is 1.75. The number of nitrogens with zero attached hydrogens (tertiary/aromatic N) is 2. The van der Waals surface area contributed by atoms with Crippen LogP contribution in [-0.2, 0) is 33.7 Å². The molecule has 1 saturated heterocycles. The number of amides is 2. The minimum Gasteiger partial charge on any atom is -0.426 e. The van der Waals surface area contributed by atoms with Gasteiger partial charge in [0.25, 0.3) is 11.5 Å². The predicted molar refractivity (Wildman–Crippen MR) is 148 cm³/mol. The SMILES string of the molecule is CC(C)(NC(=O)c1cc2c(n(CC3CCCCC3)c1=O)CCCCCC2)C(=O)OCOC(=O)N1CCCCC1. The maximum absolute atomic E-state index is 13.7. The fourth-order valence-corrected chi connectivity index (χ4v) is 6.10. The molecule has 9 heteroatoms. The first-order chi connectivity index (χ1) is 18.8. The first-order valence-electron chi connectivity index (χ1n) is 14.9. The Hall–Kier alpha value is -2.84. The Morgan fingerprint density at radius 2 is 1.54 bits per heavy atom. The zero-order chi connectivity index (χ0) is 27.8. The molecule has 1 saturated carbocycles. The molecule has 2 amide bonds. The summed E-state index contributed by atoms with van der Waals surface area (Å²) in [5.41, 5.74) is 0.523. The molecule has 2 heterocycles. The second-order valence-electron chi connectivity index (χ2n) is 12.0. The van der Waals surface area contributed by atoms with Gasteiger partial charge in [0, 0.05) is 25.3 Å². The van der Waals surface area contributed by atoms with Crippen LogP contribution in [0.15, 0.2) is 10.9 Å². The van der Waals surface area contributed by atoms with Crippen molar-refractivity contribution in [3.63, 3.8) is 0 Å². The van der Waals surface area contributed by atoms with E-state index in [1.54, 1.807) is 11.0 Å². The molecule has 4 rings (SSSR count). The van der Waals surface area contributed by atoms with Gasteiger partial charge in [-0.1, -0.05) is 32.1 Å². The van der Waals surface area contributed by atoms with Crippen molar-refractivity contribution in [3.05, 3.63) is 33.2 Å². The van der Waals surface area contributed by atoms with Gasteiger partial charge in [-0.25, -0.2) is 9.59 Å². The van der Waals surface area contributed by atoms with E-state index in [1.165, 1.54) is 33.1 Å². The van der Waals surface area contributed by atoms with Gasteiger partial charge in [-0.3, -0.25) is 9.59 Å². The number of carbonyl (C=O) groups excluding carboxylic acids is 3.